The number of benzene rings is 2. The van der Waals surface area contributed by atoms with E-state index in [1.165, 1.54) is 0 Å². The van der Waals surface area contributed by atoms with Gasteiger partial charge in [-0.2, -0.15) is 0 Å². The number of rotatable bonds is 5. The maximum Gasteiger partial charge on any atom is 0.497 e. The SMILES string of the molecule is CC(C)(O)C(C)(C)O[B]c1ccc2nc3c4ccccc4c(B4OC(C)(C)C(C)(C)O4)cn3c2c1. The van der Waals surface area contributed by atoms with Crippen molar-refractivity contribution in [3.8, 4) is 0 Å². The first-order chi connectivity index (χ1) is 16.2. The molecule has 181 valence electrons. The van der Waals surface area contributed by atoms with Gasteiger partial charge in [0.2, 0.25) is 0 Å². The Morgan fingerprint density at radius 3 is 2.23 bits per heavy atom. The van der Waals surface area contributed by atoms with Gasteiger partial charge in [0.1, 0.15) is 5.65 Å². The first-order valence-corrected chi connectivity index (χ1v) is 12.1. The Balaban J connectivity index is 1.63. The lowest BCUT2D eigenvalue weighted by Crippen LogP contribution is -2.49. The average Bonchev–Trinajstić information content (AvgIpc) is 3.23. The Hall–Kier alpha value is -2.38. The van der Waals surface area contributed by atoms with E-state index in [1.54, 1.807) is 21.3 Å². The number of imidazole rings is 1. The van der Waals surface area contributed by atoms with Crippen molar-refractivity contribution in [1.29, 1.82) is 0 Å². The molecule has 1 saturated heterocycles. The van der Waals surface area contributed by atoms with Crippen LogP contribution in [0, 0.1) is 0 Å². The van der Waals surface area contributed by atoms with Gasteiger partial charge in [-0.05, 0) is 72.9 Å². The number of nitrogens with zero attached hydrogens (tertiary/aromatic N) is 2. The molecular formula is C27H33B2N2O4. The van der Waals surface area contributed by atoms with Crippen LogP contribution in [0.4, 0.5) is 0 Å². The highest BCUT2D eigenvalue weighted by molar-refractivity contribution is 6.65. The first-order valence-electron chi connectivity index (χ1n) is 12.1. The Bertz CT molecular complexity index is 1420. The predicted molar refractivity (Wildman–Crippen MR) is 143 cm³/mol. The van der Waals surface area contributed by atoms with Crippen LogP contribution in [0.2, 0.25) is 0 Å². The number of pyridine rings is 1. The van der Waals surface area contributed by atoms with E-state index in [-0.39, 0.29) is 0 Å². The molecule has 1 fully saturated rings. The van der Waals surface area contributed by atoms with Crippen molar-refractivity contribution >= 4 is 53.0 Å². The molecule has 1 aliphatic rings. The van der Waals surface area contributed by atoms with Gasteiger partial charge in [-0.3, -0.25) is 4.40 Å². The summed E-state index contributed by atoms with van der Waals surface area (Å²) >= 11 is 0. The molecule has 2 aromatic heterocycles. The molecule has 0 amide bonds. The molecule has 35 heavy (non-hydrogen) atoms. The van der Waals surface area contributed by atoms with E-state index < -0.39 is 29.5 Å². The summed E-state index contributed by atoms with van der Waals surface area (Å²) in [7, 11) is 1.21. The zero-order valence-corrected chi connectivity index (χ0v) is 21.8. The maximum atomic E-state index is 10.4. The Kier molecular flexibility index (Phi) is 5.43. The zero-order chi connectivity index (χ0) is 25.4. The summed E-state index contributed by atoms with van der Waals surface area (Å²) in [5, 5.41) is 12.5. The Morgan fingerprint density at radius 2 is 1.60 bits per heavy atom. The van der Waals surface area contributed by atoms with Crippen LogP contribution in [0.1, 0.15) is 55.4 Å². The summed E-state index contributed by atoms with van der Waals surface area (Å²) < 4.78 is 20.9. The van der Waals surface area contributed by atoms with Gasteiger partial charge < -0.3 is 19.1 Å². The quantitative estimate of drug-likeness (QED) is 0.450. The van der Waals surface area contributed by atoms with Gasteiger partial charge >= 0.3 is 14.6 Å². The maximum absolute atomic E-state index is 10.4. The van der Waals surface area contributed by atoms with Crippen molar-refractivity contribution in [1.82, 2.24) is 9.38 Å². The second-order valence-electron chi connectivity index (χ2n) is 11.6. The highest BCUT2D eigenvalue weighted by Gasteiger charge is 2.52. The molecule has 0 bridgehead atoms. The fourth-order valence-electron chi connectivity index (χ4n) is 4.16. The predicted octanol–water partition coefficient (Wildman–Crippen LogP) is 3.75. The first kappa shape index (κ1) is 24.3. The lowest BCUT2D eigenvalue weighted by Gasteiger charge is -2.37. The number of aliphatic hydroxyl groups is 1. The van der Waals surface area contributed by atoms with Crippen LogP contribution < -0.4 is 10.9 Å². The van der Waals surface area contributed by atoms with Crippen molar-refractivity contribution in [2.45, 2.75) is 77.8 Å². The van der Waals surface area contributed by atoms with Gasteiger partial charge in [0, 0.05) is 17.0 Å². The number of aromatic nitrogens is 2. The zero-order valence-electron chi connectivity index (χ0n) is 21.8. The smallest absolute Gasteiger partial charge is 0.427 e. The minimum atomic E-state index is -0.992. The highest BCUT2D eigenvalue weighted by atomic mass is 16.7. The molecule has 1 N–H and O–H groups in total. The fraction of sp³-hybridized carbons (Fsp3) is 0.444. The van der Waals surface area contributed by atoms with E-state index >= 15 is 0 Å². The van der Waals surface area contributed by atoms with Gasteiger partial charge in [-0.25, -0.2) is 4.98 Å². The molecular weight excluding hydrogens is 438 g/mol. The van der Waals surface area contributed by atoms with Crippen molar-refractivity contribution in [2.75, 3.05) is 0 Å². The molecule has 4 aromatic rings. The van der Waals surface area contributed by atoms with Gasteiger partial charge in [0.25, 0.3) is 0 Å². The summed E-state index contributed by atoms with van der Waals surface area (Å²) in [6.07, 6.45) is 2.08. The molecule has 0 spiro atoms. The summed E-state index contributed by atoms with van der Waals surface area (Å²) in [4.78, 5) is 4.94. The summed E-state index contributed by atoms with van der Waals surface area (Å²) in [5.74, 6) is 0. The summed E-state index contributed by atoms with van der Waals surface area (Å²) in [5.41, 5.74) is 1.99. The molecule has 0 unspecified atom stereocenters. The molecule has 5 rings (SSSR count). The minimum Gasteiger partial charge on any atom is -0.427 e. The standard InChI is InChI=1S/C27H33B2N2O4/c1-24(2,32)25(3,4)33-28-17-13-14-21-22(15-17)31-16-20(29-34-26(5,6)27(7,8)35-29)18-11-9-10-12-19(18)23(31)30-21/h9-16,32H,1-8H3. The van der Waals surface area contributed by atoms with E-state index in [4.69, 9.17) is 18.9 Å². The summed E-state index contributed by atoms with van der Waals surface area (Å²) in [6, 6.07) is 14.3. The van der Waals surface area contributed by atoms with E-state index in [2.05, 4.69) is 56.5 Å². The third-order valence-corrected chi connectivity index (χ3v) is 7.93. The van der Waals surface area contributed by atoms with Crippen LogP contribution >= 0.6 is 0 Å². The van der Waals surface area contributed by atoms with Crippen LogP contribution in [0.3, 0.4) is 0 Å². The van der Waals surface area contributed by atoms with Crippen LogP contribution in [0.15, 0.2) is 48.7 Å². The number of hydrogen-bond acceptors (Lipinski definition) is 5. The van der Waals surface area contributed by atoms with Crippen molar-refractivity contribution in [2.24, 2.45) is 0 Å². The normalized spacial score (nSPS) is 18.1. The molecule has 8 heteroatoms. The van der Waals surface area contributed by atoms with Crippen molar-refractivity contribution in [3.05, 3.63) is 48.7 Å². The Labute approximate surface area is 208 Å². The fourth-order valence-corrected chi connectivity index (χ4v) is 4.16. The second-order valence-corrected chi connectivity index (χ2v) is 11.6. The van der Waals surface area contributed by atoms with Gasteiger partial charge in [-0.1, -0.05) is 35.8 Å². The van der Waals surface area contributed by atoms with Crippen LogP contribution in [0.25, 0.3) is 27.5 Å². The minimum absolute atomic E-state index is 0.433. The topological polar surface area (TPSA) is 65.2 Å². The Morgan fingerprint density at radius 1 is 0.971 bits per heavy atom. The van der Waals surface area contributed by atoms with Gasteiger partial charge in [-0.15, -0.1) is 0 Å². The monoisotopic (exact) mass is 471 g/mol. The lowest BCUT2D eigenvalue weighted by atomic mass is 9.77. The van der Waals surface area contributed by atoms with E-state index in [1.807, 2.05) is 38.1 Å². The van der Waals surface area contributed by atoms with E-state index in [0.717, 1.165) is 38.4 Å². The third-order valence-electron chi connectivity index (χ3n) is 7.93. The van der Waals surface area contributed by atoms with Gasteiger partial charge in [0.05, 0.1) is 33.4 Å². The van der Waals surface area contributed by atoms with Crippen LogP contribution in [0.5, 0.6) is 0 Å². The third kappa shape index (κ3) is 3.97. The summed E-state index contributed by atoms with van der Waals surface area (Å²) in [6.45, 7) is 15.5. The van der Waals surface area contributed by atoms with Gasteiger partial charge in [0.15, 0.2) is 0 Å². The van der Waals surface area contributed by atoms with Crippen LogP contribution in [-0.4, -0.2) is 51.5 Å². The molecule has 2 aromatic carbocycles. The average molecular weight is 471 g/mol. The lowest BCUT2D eigenvalue weighted by molar-refractivity contribution is -0.0893. The molecule has 6 nitrogen and oxygen atoms in total. The van der Waals surface area contributed by atoms with Crippen LogP contribution in [-0.2, 0) is 14.0 Å². The largest absolute Gasteiger partial charge is 0.497 e. The van der Waals surface area contributed by atoms with E-state index in [0.29, 0.717) is 0 Å². The molecule has 3 heterocycles. The number of hydrogen-bond donors (Lipinski definition) is 1. The van der Waals surface area contributed by atoms with E-state index in [9.17, 15) is 5.11 Å². The molecule has 0 aliphatic carbocycles. The molecule has 1 radical (unpaired) electrons. The van der Waals surface area contributed by atoms with Crippen molar-refractivity contribution in [3.63, 3.8) is 0 Å². The molecule has 0 atom stereocenters. The molecule has 1 aliphatic heterocycles. The number of fused-ring (bicyclic) bond motifs is 5. The highest BCUT2D eigenvalue weighted by Crippen LogP contribution is 2.37. The molecule has 0 saturated carbocycles. The second kappa shape index (κ2) is 7.81. The van der Waals surface area contributed by atoms with Crippen molar-refractivity contribution < 1.29 is 19.1 Å².